The van der Waals surface area contributed by atoms with E-state index in [0.717, 1.165) is 0 Å². The number of rotatable bonds is 4. The van der Waals surface area contributed by atoms with Gasteiger partial charge < -0.3 is 9.84 Å². The van der Waals surface area contributed by atoms with E-state index in [1.807, 2.05) is 19.1 Å². The third kappa shape index (κ3) is 2.94. The van der Waals surface area contributed by atoms with E-state index in [1.54, 1.807) is 25.1 Å². The van der Waals surface area contributed by atoms with Crippen LogP contribution in [-0.2, 0) is 0 Å². The minimum atomic E-state index is -0.954. The van der Waals surface area contributed by atoms with Gasteiger partial charge in [-0.15, -0.1) is 0 Å². The number of aryl methyl sites for hydroxylation is 1. The number of para-hydroxylation sites is 1. The number of benzene rings is 2. The molecule has 1 N–H and O–H groups in total. The Hall–Kier alpha value is -1.58. The summed E-state index contributed by atoms with van der Waals surface area (Å²) in [6, 6.07) is 9.98. The average molecular weight is 295 g/mol. The highest BCUT2D eigenvalue weighted by Crippen LogP contribution is 2.34. The summed E-state index contributed by atoms with van der Waals surface area (Å²) in [7, 11) is 0. The fourth-order valence-electron chi connectivity index (χ4n) is 2.05. The monoisotopic (exact) mass is 294 g/mol. The van der Waals surface area contributed by atoms with Crippen molar-refractivity contribution in [2.24, 2.45) is 0 Å². The summed E-state index contributed by atoms with van der Waals surface area (Å²) >= 11 is 6.03. The van der Waals surface area contributed by atoms with E-state index in [9.17, 15) is 9.50 Å². The lowest BCUT2D eigenvalue weighted by atomic mass is 9.99. The molecule has 0 aliphatic heterocycles. The van der Waals surface area contributed by atoms with E-state index in [0.29, 0.717) is 29.0 Å². The Labute approximate surface area is 122 Å². The summed E-state index contributed by atoms with van der Waals surface area (Å²) in [6.45, 7) is 4.01. The van der Waals surface area contributed by atoms with Gasteiger partial charge in [0.2, 0.25) is 0 Å². The standard InChI is InChI=1S/C16H16ClFO2/c1-3-20-15-7-5-4-6-11(15)16(19)12-8-10(2)14(18)9-13(12)17/h4-9,16,19H,3H2,1-2H3. The second-order valence-electron chi connectivity index (χ2n) is 4.50. The van der Waals surface area contributed by atoms with Crippen molar-refractivity contribution in [1.82, 2.24) is 0 Å². The molecule has 0 spiro atoms. The van der Waals surface area contributed by atoms with Crippen molar-refractivity contribution in [3.05, 3.63) is 63.9 Å². The predicted octanol–water partition coefficient (Wildman–Crippen LogP) is 4.27. The van der Waals surface area contributed by atoms with Gasteiger partial charge in [0, 0.05) is 16.1 Å². The van der Waals surface area contributed by atoms with Gasteiger partial charge in [-0.05, 0) is 37.6 Å². The van der Waals surface area contributed by atoms with Crippen LogP contribution in [0.1, 0.15) is 29.7 Å². The number of aliphatic hydroxyl groups is 1. The normalized spacial score (nSPS) is 12.2. The number of aliphatic hydroxyl groups excluding tert-OH is 1. The highest BCUT2D eigenvalue weighted by atomic mass is 35.5. The number of ether oxygens (including phenoxy) is 1. The summed E-state index contributed by atoms with van der Waals surface area (Å²) in [5, 5.41) is 10.7. The van der Waals surface area contributed by atoms with Crippen LogP contribution in [-0.4, -0.2) is 11.7 Å². The van der Waals surface area contributed by atoms with Crippen molar-refractivity contribution in [1.29, 1.82) is 0 Å². The second-order valence-corrected chi connectivity index (χ2v) is 4.90. The lowest BCUT2D eigenvalue weighted by Gasteiger charge is -2.17. The molecule has 0 heterocycles. The Morgan fingerprint density at radius 1 is 1.25 bits per heavy atom. The van der Waals surface area contributed by atoms with Crippen molar-refractivity contribution in [2.75, 3.05) is 6.61 Å². The van der Waals surface area contributed by atoms with Gasteiger partial charge in [-0.2, -0.15) is 0 Å². The average Bonchev–Trinajstić information content (AvgIpc) is 2.43. The number of hydrogen-bond acceptors (Lipinski definition) is 2. The minimum Gasteiger partial charge on any atom is -0.493 e. The molecule has 0 aliphatic carbocycles. The lowest BCUT2D eigenvalue weighted by molar-refractivity contribution is 0.212. The van der Waals surface area contributed by atoms with Crippen LogP contribution in [0.15, 0.2) is 36.4 Å². The maximum Gasteiger partial charge on any atom is 0.127 e. The van der Waals surface area contributed by atoms with Crippen LogP contribution in [0.4, 0.5) is 4.39 Å². The van der Waals surface area contributed by atoms with Crippen LogP contribution in [0.25, 0.3) is 0 Å². The molecule has 0 radical (unpaired) electrons. The molecule has 0 saturated carbocycles. The third-order valence-electron chi connectivity index (χ3n) is 3.09. The van der Waals surface area contributed by atoms with Crippen LogP contribution in [0.3, 0.4) is 0 Å². The van der Waals surface area contributed by atoms with Gasteiger partial charge in [0.05, 0.1) is 6.61 Å². The van der Waals surface area contributed by atoms with Crippen molar-refractivity contribution in [3.8, 4) is 5.75 Å². The molecule has 2 nitrogen and oxygen atoms in total. The van der Waals surface area contributed by atoms with E-state index in [-0.39, 0.29) is 10.8 Å². The molecule has 2 rings (SSSR count). The first kappa shape index (κ1) is 14.8. The van der Waals surface area contributed by atoms with Crippen LogP contribution < -0.4 is 4.74 Å². The first-order chi connectivity index (χ1) is 9.54. The molecule has 2 aromatic carbocycles. The summed E-state index contributed by atoms with van der Waals surface area (Å²) < 4.78 is 18.9. The van der Waals surface area contributed by atoms with Gasteiger partial charge >= 0.3 is 0 Å². The Balaban J connectivity index is 2.46. The van der Waals surface area contributed by atoms with Crippen LogP contribution >= 0.6 is 11.6 Å². The third-order valence-corrected chi connectivity index (χ3v) is 3.41. The van der Waals surface area contributed by atoms with Crippen molar-refractivity contribution < 1.29 is 14.2 Å². The molecule has 0 bridgehead atoms. The zero-order valence-corrected chi connectivity index (χ0v) is 12.1. The second kappa shape index (κ2) is 6.25. The first-order valence-electron chi connectivity index (χ1n) is 6.40. The van der Waals surface area contributed by atoms with Gasteiger partial charge in [0.25, 0.3) is 0 Å². The van der Waals surface area contributed by atoms with E-state index < -0.39 is 6.10 Å². The highest BCUT2D eigenvalue weighted by molar-refractivity contribution is 6.31. The molecule has 2 aromatic rings. The maximum absolute atomic E-state index is 13.4. The zero-order valence-electron chi connectivity index (χ0n) is 11.4. The Kier molecular flexibility index (Phi) is 4.63. The van der Waals surface area contributed by atoms with Crippen molar-refractivity contribution in [2.45, 2.75) is 20.0 Å². The Morgan fingerprint density at radius 3 is 2.65 bits per heavy atom. The summed E-state index contributed by atoms with van der Waals surface area (Å²) in [5.74, 6) is 0.213. The highest BCUT2D eigenvalue weighted by Gasteiger charge is 2.19. The smallest absolute Gasteiger partial charge is 0.127 e. The van der Waals surface area contributed by atoms with E-state index >= 15 is 0 Å². The van der Waals surface area contributed by atoms with Crippen LogP contribution in [0.2, 0.25) is 5.02 Å². The number of hydrogen-bond donors (Lipinski definition) is 1. The molecule has 0 aliphatic rings. The topological polar surface area (TPSA) is 29.5 Å². The molecule has 106 valence electrons. The molecule has 1 atom stereocenters. The summed E-state index contributed by atoms with van der Waals surface area (Å²) in [4.78, 5) is 0. The van der Waals surface area contributed by atoms with Gasteiger partial charge in [-0.25, -0.2) is 4.39 Å². The first-order valence-corrected chi connectivity index (χ1v) is 6.77. The largest absolute Gasteiger partial charge is 0.493 e. The van der Waals surface area contributed by atoms with E-state index in [4.69, 9.17) is 16.3 Å². The quantitative estimate of drug-likeness (QED) is 0.912. The van der Waals surface area contributed by atoms with Gasteiger partial charge in [-0.1, -0.05) is 29.8 Å². The Bertz CT molecular complexity index is 613. The predicted molar refractivity (Wildman–Crippen MR) is 77.8 cm³/mol. The van der Waals surface area contributed by atoms with Gasteiger partial charge in [0.15, 0.2) is 0 Å². The summed E-state index contributed by atoms with van der Waals surface area (Å²) in [5.41, 5.74) is 1.53. The van der Waals surface area contributed by atoms with Crippen LogP contribution in [0.5, 0.6) is 5.75 Å². The molecule has 0 saturated heterocycles. The fraction of sp³-hybridized carbons (Fsp3) is 0.250. The zero-order chi connectivity index (χ0) is 14.7. The summed E-state index contributed by atoms with van der Waals surface area (Å²) in [6.07, 6.45) is -0.954. The minimum absolute atomic E-state index is 0.201. The fourth-order valence-corrected chi connectivity index (χ4v) is 2.30. The SMILES string of the molecule is CCOc1ccccc1C(O)c1cc(C)c(F)cc1Cl. The number of halogens is 2. The Morgan fingerprint density at radius 2 is 1.95 bits per heavy atom. The molecular weight excluding hydrogens is 279 g/mol. The molecule has 1 unspecified atom stereocenters. The van der Waals surface area contributed by atoms with E-state index in [1.165, 1.54) is 6.07 Å². The molecule has 0 aromatic heterocycles. The molecule has 20 heavy (non-hydrogen) atoms. The molecule has 4 heteroatoms. The van der Waals surface area contributed by atoms with Crippen LogP contribution in [0, 0.1) is 12.7 Å². The van der Waals surface area contributed by atoms with Gasteiger partial charge in [-0.3, -0.25) is 0 Å². The van der Waals surface area contributed by atoms with Crippen molar-refractivity contribution >= 4 is 11.6 Å². The molecule has 0 amide bonds. The molecule has 0 fully saturated rings. The van der Waals surface area contributed by atoms with Crippen molar-refractivity contribution in [3.63, 3.8) is 0 Å². The van der Waals surface area contributed by atoms with E-state index in [2.05, 4.69) is 0 Å². The molecular formula is C16H16ClFO2. The van der Waals surface area contributed by atoms with Gasteiger partial charge in [0.1, 0.15) is 17.7 Å². The maximum atomic E-state index is 13.4. The lowest BCUT2D eigenvalue weighted by Crippen LogP contribution is -2.05.